The van der Waals surface area contributed by atoms with Gasteiger partial charge in [-0.3, -0.25) is 10.1 Å². The molecule has 0 radical (unpaired) electrons. The van der Waals surface area contributed by atoms with Crippen molar-refractivity contribution in [2.24, 2.45) is 0 Å². The van der Waals surface area contributed by atoms with Crippen molar-refractivity contribution in [3.63, 3.8) is 0 Å². The number of carboxylic acids is 1. The molecule has 1 aromatic rings. The van der Waals surface area contributed by atoms with Crippen LogP contribution in [0.2, 0.25) is 0 Å². The molecule has 19 heavy (non-hydrogen) atoms. The van der Waals surface area contributed by atoms with Gasteiger partial charge in [-0.05, 0) is 6.42 Å². The quantitative estimate of drug-likeness (QED) is 0.592. The fourth-order valence-electron chi connectivity index (χ4n) is 1.68. The number of hydrogen-bond acceptors (Lipinski definition) is 7. The Morgan fingerprint density at radius 3 is 2.68 bits per heavy atom. The van der Waals surface area contributed by atoms with Crippen LogP contribution in [0.5, 0.6) is 5.88 Å². The molecule has 0 aliphatic rings. The van der Waals surface area contributed by atoms with Crippen molar-refractivity contribution in [1.29, 1.82) is 0 Å². The Bertz CT molecular complexity index is 493. The molecule has 9 heteroatoms. The van der Waals surface area contributed by atoms with Gasteiger partial charge in [0.15, 0.2) is 0 Å². The molecule has 0 aliphatic carbocycles. The first-order chi connectivity index (χ1) is 8.93. The molecule has 1 unspecified atom stereocenters. The second kappa shape index (κ2) is 5.94. The van der Waals surface area contributed by atoms with E-state index in [9.17, 15) is 14.9 Å². The van der Waals surface area contributed by atoms with Crippen LogP contribution in [-0.2, 0) is 4.79 Å². The number of rotatable bonds is 6. The number of aliphatic carboxylic acids is 1. The highest BCUT2D eigenvalue weighted by Crippen LogP contribution is 2.33. The summed E-state index contributed by atoms with van der Waals surface area (Å²) in [6.07, 6.45) is 1.36. The SMILES string of the molecule is CCC(C(=O)O)N(C)c1ncnc(OC)c1[N+](=O)[O-]. The first kappa shape index (κ1) is 14.6. The molecular weight excluding hydrogens is 256 g/mol. The van der Waals surface area contributed by atoms with Crippen LogP contribution in [0, 0.1) is 10.1 Å². The van der Waals surface area contributed by atoms with Gasteiger partial charge in [0.25, 0.3) is 5.88 Å². The zero-order chi connectivity index (χ0) is 14.6. The maximum atomic E-state index is 11.1. The summed E-state index contributed by atoms with van der Waals surface area (Å²) in [6, 6.07) is -0.918. The number of methoxy groups -OCH3 is 1. The number of nitro groups is 1. The zero-order valence-corrected chi connectivity index (χ0v) is 10.7. The maximum Gasteiger partial charge on any atom is 0.372 e. The van der Waals surface area contributed by atoms with Crippen LogP contribution in [-0.4, -0.2) is 46.2 Å². The third-order valence-corrected chi connectivity index (χ3v) is 2.62. The Morgan fingerprint density at radius 1 is 1.63 bits per heavy atom. The van der Waals surface area contributed by atoms with E-state index in [4.69, 9.17) is 9.84 Å². The Morgan fingerprint density at radius 2 is 2.26 bits per heavy atom. The minimum Gasteiger partial charge on any atom is -0.480 e. The summed E-state index contributed by atoms with van der Waals surface area (Å²) in [5, 5.41) is 20.1. The molecular formula is C10H14N4O5. The predicted octanol–water partition coefficient (Wildman–Crippen LogP) is 0.693. The van der Waals surface area contributed by atoms with Crippen LogP contribution in [0.1, 0.15) is 13.3 Å². The smallest absolute Gasteiger partial charge is 0.372 e. The van der Waals surface area contributed by atoms with Gasteiger partial charge in [-0.1, -0.05) is 6.92 Å². The summed E-state index contributed by atoms with van der Waals surface area (Å²) in [5.41, 5.74) is -0.452. The van der Waals surface area contributed by atoms with Gasteiger partial charge in [-0.15, -0.1) is 0 Å². The van der Waals surface area contributed by atoms with Gasteiger partial charge in [0, 0.05) is 7.05 Å². The second-order valence-electron chi connectivity index (χ2n) is 3.69. The summed E-state index contributed by atoms with van der Waals surface area (Å²) < 4.78 is 4.80. The molecule has 9 nitrogen and oxygen atoms in total. The van der Waals surface area contributed by atoms with E-state index < -0.39 is 22.6 Å². The van der Waals surface area contributed by atoms with Crippen molar-refractivity contribution < 1.29 is 19.6 Å². The number of likely N-dealkylation sites (N-methyl/N-ethyl adjacent to an activating group) is 1. The highest BCUT2D eigenvalue weighted by molar-refractivity contribution is 5.79. The van der Waals surface area contributed by atoms with Crippen LogP contribution in [0.3, 0.4) is 0 Å². The predicted molar refractivity (Wildman–Crippen MR) is 65.4 cm³/mol. The molecule has 104 valence electrons. The highest BCUT2D eigenvalue weighted by Gasteiger charge is 2.31. The van der Waals surface area contributed by atoms with Crippen molar-refractivity contribution in [2.45, 2.75) is 19.4 Å². The number of aromatic nitrogens is 2. The fraction of sp³-hybridized carbons (Fsp3) is 0.500. The van der Waals surface area contributed by atoms with E-state index in [1.165, 1.54) is 19.1 Å². The lowest BCUT2D eigenvalue weighted by molar-refractivity contribution is -0.385. The lowest BCUT2D eigenvalue weighted by Gasteiger charge is -2.24. The van der Waals surface area contributed by atoms with Gasteiger partial charge in [-0.25, -0.2) is 9.78 Å². The maximum absolute atomic E-state index is 11.1. The van der Waals surface area contributed by atoms with E-state index in [1.807, 2.05) is 0 Å². The minimum absolute atomic E-state index is 0.0916. The molecule has 1 N–H and O–H groups in total. The van der Waals surface area contributed by atoms with Crippen molar-refractivity contribution in [1.82, 2.24) is 9.97 Å². The molecule has 0 aromatic carbocycles. The Kier molecular flexibility index (Phi) is 4.56. The average Bonchev–Trinajstić information content (AvgIpc) is 2.37. The van der Waals surface area contributed by atoms with E-state index >= 15 is 0 Å². The van der Waals surface area contributed by atoms with E-state index in [0.717, 1.165) is 6.33 Å². The molecule has 0 aliphatic heterocycles. The first-order valence-electron chi connectivity index (χ1n) is 5.43. The summed E-state index contributed by atoms with van der Waals surface area (Å²) in [6.45, 7) is 1.67. The third-order valence-electron chi connectivity index (χ3n) is 2.62. The number of carboxylic acid groups (broad SMARTS) is 1. The summed E-state index contributed by atoms with van der Waals surface area (Å²) in [5.74, 6) is -1.38. The van der Waals surface area contributed by atoms with Gasteiger partial charge >= 0.3 is 11.7 Å². The molecule has 0 fully saturated rings. The van der Waals surface area contributed by atoms with Crippen LogP contribution < -0.4 is 9.64 Å². The first-order valence-corrected chi connectivity index (χ1v) is 5.43. The highest BCUT2D eigenvalue weighted by atomic mass is 16.6. The van der Waals surface area contributed by atoms with Gasteiger partial charge in [0.1, 0.15) is 12.4 Å². The molecule has 1 heterocycles. The number of nitrogens with zero attached hydrogens (tertiary/aromatic N) is 4. The van der Waals surface area contributed by atoms with Crippen LogP contribution in [0.25, 0.3) is 0 Å². The summed E-state index contributed by atoms with van der Waals surface area (Å²) >= 11 is 0. The van der Waals surface area contributed by atoms with Crippen molar-refractivity contribution >= 4 is 17.5 Å². The monoisotopic (exact) mass is 270 g/mol. The van der Waals surface area contributed by atoms with Crippen LogP contribution in [0.15, 0.2) is 6.33 Å². The summed E-state index contributed by atoms with van der Waals surface area (Å²) in [7, 11) is 2.67. The van der Waals surface area contributed by atoms with E-state index in [2.05, 4.69) is 9.97 Å². The Balaban J connectivity index is 3.33. The van der Waals surface area contributed by atoms with Crippen LogP contribution >= 0.6 is 0 Å². The van der Waals surface area contributed by atoms with Crippen molar-refractivity contribution in [3.05, 3.63) is 16.4 Å². The molecule has 1 atom stereocenters. The lowest BCUT2D eigenvalue weighted by Crippen LogP contribution is -2.38. The summed E-state index contributed by atoms with van der Waals surface area (Å²) in [4.78, 5) is 30.1. The van der Waals surface area contributed by atoms with E-state index in [1.54, 1.807) is 6.92 Å². The second-order valence-corrected chi connectivity index (χ2v) is 3.69. The number of hydrogen-bond donors (Lipinski definition) is 1. The molecule has 0 saturated carbocycles. The average molecular weight is 270 g/mol. The molecule has 0 amide bonds. The minimum atomic E-state index is -1.09. The molecule has 0 bridgehead atoms. The van der Waals surface area contributed by atoms with Crippen molar-refractivity contribution in [2.75, 3.05) is 19.1 Å². The van der Waals surface area contributed by atoms with E-state index in [0.29, 0.717) is 0 Å². The number of carbonyl (C=O) groups is 1. The van der Waals surface area contributed by atoms with Gasteiger partial charge < -0.3 is 14.7 Å². The van der Waals surface area contributed by atoms with Gasteiger partial charge in [0.2, 0.25) is 5.82 Å². The normalized spacial score (nSPS) is 11.7. The number of ether oxygens (including phenoxy) is 1. The van der Waals surface area contributed by atoms with E-state index in [-0.39, 0.29) is 18.1 Å². The molecule has 0 spiro atoms. The molecule has 1 aromatic heterocycles. The fourth-order valence-corrected chi connectivity index (χ4v) is 1.68. The third kappa shape index (κ3) is 2.87. The van der Waals surface area contributed by atoms with Gasteiger partial charge in [0.05, 0.1) is 12.0 Å². The standard InChI is InChI=1S/C10H14N4O5/c1-4-6(10(15)16)13(2)8-7(14(17)18)9(19-3)12-5-11-8/h5-6H,4H2,1-3H3,(H,15,16). The topological polar surface area (TPSA) is 119 Å². The Hall–Kier alpha value is -2.45. The van der Waals surface area contributed by atoms with Gasteiger partial charge in [-0.2, -0.15) is 4.98 Å². The number of anilines is 1. The zero-order valence-electron chi connectivity index (χ0n) is 10.7. The largest absolute Gasteiger partial charge is 0.480 e. The molecule has 0 saturated heterocycles. The van der Waals surface area contributed by atoms with Crippen LogP contribution in [0.4, 0.5) is 11.5 Å². The van der Waals surface area contributed by atoms with Crippen molar-refractivity contribution in [3.8, 4) is 5.88 Å². The Labute approximate surface area is 109 Å². The lowest BCUT2D eigenvalue weighted by atomic mass is 10.2. The molecule has 1 rings (SSSR count).